The van der Waals surface area contributed by atoms with Gasteiger partial charge in [-0.3, -0.25) is 48.2 Å². The number of halogens is 2. The van der Waals surface area contributed by atoms with Gasteiger partial charge in [0.25, 0.3) is 11.8 Å². The molecule has 0 bridgehead atoms. The minimum absolute atomic E-state index is 0.0204. The van der Waals surface area contributed by atoms with Crippen LogP contribution in [0.4, 0.5) is 8.78 Å². The number of unbranched alkanes of at least 4 members (excludes halogenated alkanes) is 4. The number of benzene rings is 4. The third kappa shape index (κ3) is 15.0. The van der Waals surface area contributed by atoms with Crippen molar-refractivity contribution >= 4 is 65.6 Å². The molecule has 22 heteroatoms. The van der Waals surface area contributed by atoms with Gasteiger partial charge in [-0.1, -0.05) is 111 Å². The second-order valence-corrected chi connectivity index (χ2v) is 23.4. The van der Waals surface area contributed by atoms with Crippen LogP contribution in [-0.4, -0.2) is 115 Å². The summed E-state index contributed by atoms with van der Waals surface area (Å²) >= 11 is 0. The lowest BCUT2D eigenvalue weighted by molar-refractivity contribution is -0.141. The number of ether oxygens (including phenoxy) is 1. The minimum Gasteiger partial charge on any atom is -0.376 e. The summed E-state index contributed by atoms with van der Waals surface area (Å²) in [6.45, 7) is 4.09. The zero-order chi connectivity index (χ0) is 59.6. The van der Waals surface area contributed by atoms with Gasteiger partial charge in [-0.2, -0.15) is 8.78 Å². The first-order valence-corrected chi connectivity index (χ1v) is 29.5. The highest BCUT2D eigenvalue weighted by molar-refractivity contribution is 7.52. The molecule has 5 atom stereocenters. The molecule has 0 radical (unpaired) electrons. The number of likely N-dealkylation sites (tertiary alicyclic amines) is 1. The molecular formula is C61H68F2N7O12P. The predicted molar refractivity (Wildman–Crippen MR) is 302 cm³/mol. The van der Waals surface area contributed by atoms with E-state index < -0.39 is 84.5 Å². The van der Waals surface area contributed by atoms with Gasteiger partial charge in [-0.25, -0.2) is 0 Å². The number of imide groups is 1. The summed E-state index contributed by atoms with van der Waals surface area (Å²) in [5, 5.41) is 7.98. The summed E-state index contributed by atoms with van der Waals surface area (Å²) in [7, 11) is -5.90. The number of aromatic nitrogens is 1. The second kappa shape index (κ2) is 27.0. The van der Waals surface area contributed by atoms with Crippen molar-refractivity contribution in [3.63, 3.8) is 0 Å². The van der Waals surface area contributed by atoms with Crippen molar-refractivity contribution in [1.82, 2.24) is 30.7 Å². The normalized spacial score (nSPS) is 17.9. The maximum atomic E-state index is 14.9. The van der Waals surface area contributed by atoms with Crippen molar-refractivity contribution in [3.8, 4) is 11.8 Å². The van der Waals surface area contributed by atoms with Gasteiger partial charge in [-0.05, 0) is 85.0 Å². The van der Waals surface area contributed by atoms with Crippen molar-refractivity contribution < 1.29 is 66.2 Å². The lowest BCUT2D eigenvalue weighted by Gasteiger charge is -2.30. The number of carbonyl (C=O) groups excluding carboxylic acids is 8. The molecule has 19 nitrogen and oxygen atoms in total. The summed E-state index contributed by atoms with van der Waals surface area (Å²) < 4.78 is 47.3. The average Bonchev–Trinajstić information content (AvgIpc) is 4.22. The quantitative estimate of drug-likeness (QED) is 0.0137. The fourth-order valence-electron chi connectivity index (χ4n) is 10.9. The maximum Gasteiger partial charge on any atom is 0.399 e. The van der Waals surface area contributed by atoms with Gasteiger partial charge in [0.1, 0.15) is 23.8 Å². The van der Waals surface area contributed by atoms with Crippen LogP contribution in [0.3, 0.4) is 0 Å². The number of aromatic amines is 1. The van der Waals surface area contributed by atoms with Crippen LogP contribution in [0.5, 0.6) is 0 Å². The topological polar surface area (TPSA) is 288 Å². The number of rotatable bonds is 25. The van der Waals surface area contributed by atoms with Gasteiger partial charge in [0.2, 0.25) is 29.5 Å². The Hall–Kier alpha value is -7.89. The standard InChI is InChI=1S/C61H68F2N7O12P/c1-37(2)30-50(67-56(74)49-32-41-31-42(23-24-47(41)65-49)61(62,63)83(79,80)81)60(78)69-35-43(33-52(69)58(76)66-48(25-27-54(64)72)53(71)34-45(38-16-10-7-11-17-38)39-18-12-8-13-19-39)82-29-14-6-4-3-5-9-20-40-21-15-22-44-46(40)36-70(59(44)77)51-26-28-55(73)68-57(51)75/h7-8,10-13,15-19,21-24,31-32,37,43,45,48,50-52,65H,3-6,14,25-30,33-36H2,1-2H3,(H2,64,72)(H,66,76)(H,67,74)(H,68,73,75)(H2,79,80,81)/t43-,48+,50+,51?,52+/m1/s1. The summed E-state index contributed by atoms with van der Waals surface area (Å²) in [4.78, 5) is 132. The molecule has 4 heterocycles. The smallest absolute Gasteiger partial charge is 0.376 e. The SMILES string of the molecule is CC(C)C[C@H](NC(=O)c1cc2cc(C(F)(F)P(=O)(O)O)ccc2[nH]1)C(=O)N1C[C@H](OCCCCCCC#Cc2cccc3c2CN(C2CCC(=O)NC2=O)C3=O)C[C@H]1C(=O)N[C@@H](CCC(N)=O)C(=O)CC(c1ccccc1)c1ccccc1. The largest absolute Gasteiger partial charge is 0.399 e. The fourth-order valence-corrected chi connectivity index (χ4v) is 11.4. The van der Waals surface area contributed by atoms with E-state index in [9.17, 15) is 61.5 Å². The van der Waals surface area contributed by atoms with Crippen LogP contribution in [0, 0.1) is 17.8 Å². The number of amides is 7. The van der Waals surface area contributed by atoms with E-state index in [1.54, 1.807) is 12.1 Å². The van der Waals surface area contributed by atoms with Gasteiger partial charge in [0, 0.05) is 85.3 Å². The molecule has 8 rings (SSSR count). The molecule has 0 aliphatic carbocycles. The van der Waals surface area contributed by atoms with E-state index in [0.717, 1.165) is 54.2 Å². The van der Waals surface area contributed by atoms with E-state index in [-0.39, 0.29) is 105 Å². The molecular weight excluding hydrogens is 1090 g/mol. The van der Waals surface area contributed by atoms with Crippen LogP contribution in [0.25, 0.3) is 10.9 Å². The molecule has 2 fully saturated rings. The van der Waals surface area contributed by atoms with Crippen molar-refractivity contribution in [2.24, 2.45) is 11.7 Å². The van der Waals surface area contributed by atoms with E-state index in [4.69, 9.17) is 10.5 Å². The zero-order valence-electron chi connectivity index (χ0n) is 46.1. The molecule has 83 heavy (non-hydrogen) atoms. The fraction of sp³-hybridized carbons (Fsp3) is 0.410. The number of H-pyrrole nitrogens is 1. The Morgan fingerprint density at radius 2 is 1.58 bits per heavy atom. The first-order chi connectivity index (χ1) is 39.6. The Bertz CT molecular complexity index is 3320. The predicted octanol–water partition coefficient (Wildman–Crippen LogP) is 6.83. The number of carbonyl (C=O) groups is 8. The average molecular weight is 1160 g/mol. The van der Waals surface area contributed by atoms with Crippen molar-refractivity contribution in [1.29, 1.82) is 0 Å². The molecule has 1 unspecified atom stereocenters. The van der Waals surface area contributed by atoms with E-state index in [2.05, 4.69) is 32.8 Å². The highest BCUT2D eigenvalue weighted by Crippen LogP contribution is 2.59. The summed E-state index contributed by atoms with van der Waals surface area (Å²) in [6, 6.07) is 23.8. The number of nitrogens with two attached hydrogens (primary N) is 1. The Morgan fingerprint density at radius 1 is 0.880 bits per heavy atom. The molecule has 3 aliphatic heterocycles. The minimum atomic E-state index is -5.90. The summed E-state index contributed by atoms with van der Waals surface area (Å²) in [5.41, 5.74) is 3.83. The van der Waals surface area contributed by atoms with Gasteiger partial charge in [0.05, 0.1) is 12.1 Å². The van der Waals surface area contributed by atoms with Crippen LogP contribution in [0.1, 0.15) is 145 Å². The van der Waals surface area contributed by atoms with Crippen LogP contribution < -0.4 is 21.7 Å². The Balaban J connectivity index is 0.943. The van der Waals surface area contributed by atoms with Crippen molar-refractivity contribution in [2.45, 2.75) is 139 Å². The first kappa shape index (κ1) is 61.2. The summed E-state index contributed by atoms with van der Waals surface area (Å²) in [6.07, 6.45) is 3.02. The third-order valence-corrected chi connectivity index (χ3v) is 16.3. The van der Waals surface area contributed by atoms with Crippen LogP contribution in [0.2, 0.25) is 0 Å². The molecule has 2 saturated heterocycles. The monoisotopic (exact) mass is 1160 g/mol. The number of fused-ring (bicyclic) bond motifs is 2. The number of alkyl halides is 2. The number of ketones is 1. The van der Waals surface area contributed by atoms with E-state index in [1.807, 2.05) is 80.6 Å². The number of nitrogens with one attached hydrogen (secondary N) is 4. The number of hydrogen-bond acceptors (Lipinski definition) is 10. The van der Waals surface area contributed by atoms with Crippen LogP contribution in [-0.2, 0) is 50.3 Å². The van der Waals surface area contributed by atoms with Gasteiger partial charge in [-0.15, -0.1) is 0 Å². The molecule has 7 amide bonds. The van der Waals surface area contributed by atoms with Gasteiger partial charge < -0.3 is 45.7 Å². The molecule has 5 aromatic rings. The summed E-state index contributed by atoms with van der Waals surface area (Å²) in [5.74, 6) is 1.53. The number of hydrogen-bond donors (Lipinski definition) is 7. The molecule has 438 valence electrons. The van der Waals surface area contributed by atoms with E-state index >= 15 is 0 Å². The van der Waals surface area contributed by atoms with Crippen molar-refractivity contribution in [3.05, 3.63) is 142 Å². The Labute approximate surface area is 479 Å². The highest BCUT2D eigenvalue weighted by Gasteiger charge is 2.50. The number of nitrogens with zero attached hydrogens (tertiary/aromatic N) is 2. The zero-order valence-corrected chi connectivity index (χ0v) is 47.0. The Kier molecular flexibility index (Phi) is 19.9. The maximum absolute atomic E-state index is 14.9. The molecule has 4 aromatic carbocycles. The number of primary amides is 1. The van der Waals surface area contributed by atoms with Crippen molar-refractivity contribution in [2.75, 3.05) is 13.2 Å². The van der Waals surface area contributed by atoms with Crippen LogP contribution in [0.15, 0.2) is 103 Å². The number of piperidine rings is 1. The Morgan fingerprint density at radius 3 is 2.24 bits per heavy atom. The van der Waals surface area contributed by atoms with Gasteiger partial charge >= 0.3 is 13.3 Å². The van der Waals surface area contributed by atoms with Crippen LogP contribution >= 0.6 is 7.60 Å². The lowest BCUT2D eigenvalue weighted by Crippen LogP contribution is -2.55. The second-order valence-electron chi connectivity index (χ2n) is 21.8. The molecule has 3 aliphatic rings. The van der Waals surface area contributed by atoms with Gasteiger partial charge in [0.15, 0.2) is 5.78 Å². The van der Waals surface area contributed by atoms with E-state index in [1.165, 1.54) is 15.9 Å². The third-order valence-electron chi connectivity index (χ3n) is 15.3. The molecule has 0 saturated carbocycles. The molecule has 1 aromatic heterocycles. The van der Waals surface area contributed by atoms with E-state index in [0.29, 0.717) is 24.0 Å². The molecule has 0 spiro atoms. The lowest BCUT2D eigenvalue weighted by atomic mass is 9.85. The number of Topliss-reactive ketones (excluding diaryl/α,β-unsaturated/α-hetero) is 1. The molecule has 8 N–H and O–H groups in total. The first-order valence-electron chi connectivity index (χ1n) is 27.9. The highest BCUT2D eigenvalue weighted by atomic mass is 31.2.